The summed E-state index contributed by atoms with van der Waals surface area (Å²) in [6.07, 6.45) is 2.11. The third-order valence-corrected chi connectivity index (χ3v) is 4.46. The maximum absolute atomic E-state index is 4.69. The lowest BCUT2D eigenvalue weighted by molar-refractivity contribution is 0.173. The van der Waals surface area contributed by atoms with Crippen LogP contribution in [0.1, 0.15) is 58.8 Å². The second-order valence-corrected chi connectivity index (χ2v) is 7.47. The second kappa shape index (κ2) is 11.9. The molecule has 0 unspecified atom stereocenters. The van der Waals surface area contributed by atoms with Crippen LogP contribution in [0, 0.1) is 13.8 Å². The lowest BCUT2D eigenvalue weighted by atomic mass is 10.2. The van der Waals surface area contributed by atoms with E-state index in [2.05, 4.69) is 72.9 Å². The molecule has 0 atom stereocenters. The molecule has 0 spiro atoms. The molecule has 1 heterocycles. The Morgan fingerprint density at radius 3 is 2.38 bits per heavy atom. The van der Waals surface area contributed by atoms with Gasteiger partial charge in [-0.15, -0.1) is 0 Å². The summed E-state index contributed by atoms with van der Waals surface area (Å²) in [7, 11) is 0. The van der Waals surface area contributed by atoms with Gasteiger partial charge in [0.1, 0.15) is 0 Å². The van der Waals surface area contributed by atoms with Crippen molar-refractivity contribution in [2.75, 3.05) is 26.2 Å². The first kappa shape index (κ1) is 22.5. The monoisotopic (exact) mass is 364 g/mol. The maximum Gasteiger partial charge on any atom is 0.191 e. The Hall–Kier alpha value is -1.56. The molecule has 0 fully saturated rings. The van der Waals surface area contributed by atoms with E-state index in [4.69, 9.17) is 4.99 Å². The summed E-state index contributed by atoms with van der Waals surface area (Å²) in [6, 6.07) is 3.30. The Balaban J connectivity index is 2.35. The number of hydrogen-bond donors (Lipinski definition) is 2. The van der Waals surface area contributed by atoms with Gasteiger partial charge in [-0.3, -0.25) is 14.6 Å². The second-order valence-electron chi connectivity index (χ2n) is 7.47. The van der Waals surface area contributed by atoms with Crippen molar-refractivity contribution in [3.05, 3.63) is 17.5 Å². The molecule has 0 radical (unpaired) electrons. The van der Waals surface area contributed by atoms with Crippen molar-refractivity contribution in [1.29, 1.82) is 0 Å². The summed E-state index contributed by atoms with van der Waals surface area (Å²) in [4.78, 5) is 7.22. The minimum Gasteiger partial charge on any atom is -0.357 e. The number of guanidine groups is 1. The zero-order chi connectivity index (χ0) is 19.5. The minimum absolute atomic E-state index is 0.589. The summed E-state index contributed by atoms with van der Waals surface area (Å²) in [5.41, 5.74) is 2.30. The van der Waals surface area contributed by atoms with E-state index < -0.39 is 0 Å². The molecule has 0 aliphatic heterocycles. The number of rotatable bonds is 11. The van der Waals surface area contributed by atoms with Gasteiger partial charge >= 0.3 is 0 Å². The predicted octanol–water partition coefficient (Wildman–Crippen LogP) is 2.95. The van der Waals surface area contributed by atoms with Crippen LogP contribution in [0.3, 0.4) is 0 Å². The fraction of sp³-hybridized carbons (Fsp3) is 0.800. The number of nitrogens with zero attached hydrogens (tertiary/aromatic N) is 4. The SMILES string of the molecule is CCNC(=NCCCn1nc(C)cc1C)NCCCN(C(C)C)C(C)C. The highest BCUT2D eigenvalue weighted by Crippen LogP contribution is 2.05. The summed E-state index contributed by atoms with van der Waals surface area (Å²) in [5, 5.41) is 11.3. The predicted molar refractivity (Wildman–Crippen MR) is 112 cm³/mol. The number of aromatic nitrogens is 2. The zero-order valence-electron chi connectivity index (χ0n) is 18.0. The minimum atomic E-state index is 0.589. The fourth-order valence-electron chi connectivity index (χ4n) is 3.24. The molecule has 0 aliphatic carbocycles. The van der Waals surface area contributed by atoms with Crippen LogP contribution >= 0.6 is 0 Å². The smallest absolute Gasteiger partial charge is 0.191 e. The molecule has 26 heavy (non-hydrogen) atoms. The van der Waals surface area contributed by atoms with Gasteiger partial charge in [0, 0.05) is 50.5 Å². The van der Waals surface area contributed by atoms with E-state index in [9.17, 15) is 0 Å². The molecular weight excluding hydrogens is 324 g/mol. The third kappa shape index (κ3) is 8.21. The van der Waals surface area contributed by atoms with Gasteiger partial charge in [-0.25, -0.2) is 0 Å². The molecule has 6 heteroatoms. The van der Waals surface area contributed by atoms with E-state index in [0.29, 0.717) is 12.1 Å². The largest absolute Gasteiger partial charge is 0.357 e. The van der Waals surface area contributed by atoms with Crippen molar-refractivity contribution in [3.63, 3.8) is 0 Å². The molecule has 0 saturated carbocycles. The summed E-state index contributed by atoms with van der Waals surface area (Å²) < 4.78 is 2.07. The van der Waals surface area contributed by atoms with Gasteiger partial charge in [-0.2, -0.15) is 5.10 Å². The van der Waals surface area contributed by atoms with E-state index in [1.165, 1.54) is 5.69 Å². The first-order valence-corrected chi connectivity index (χ1v) is 10.1. The van der Waals surface area contributed by atoms with Gasteiger partial charge in [-0.1, -0.05) is 0 Å². The van der Waals surface area contributed by atoms with E-state index in [0.717, 1.165) is 57.2 Å². The Labute approximate surface area is 160 Å². The van der Waals surface area contributed by atoms with E-state index >= 15 is 0 Å². The van der Waals surface area contributed by atoms with Crippen molar-refractivity contribution in [3.8, 4) is 0 Å². The number of hydrogen-bond acceptors (Lipinski definition) is 3. The molecule has 0 amide bonds. The Morgan fingerprint density at radius 2 is 1.85 bits per heavy atom. The van der Waals surface area contributed by atoms with Gasteiger partial charge in [0.2, 0.25) is 0 Å². The average Bonchev–Trinajstić information content (AvgIpc) is 2.87. The number of aliphatic imine (C=N–C) groups is 1. The van der Waals surface area contributed by atoms with Crippen molar-refractivity contribution in [1.82, 2.24) is 25.3 Å². The first-order valence-electron chi connectivity index (χ1n) is 10.1. The molecule has 1 aromatic rings. The number of aryl methyl sites for hydroxylation is 3. The highest BCUT2D eigenvalue weighted by molar-refractivity contribution is 5.79. The molecule has 150 valence electrons. The molecule has 0 saturated heterocycles. The first-order chi connectivity index (χ1) is 12.3. The molecule has 1 rings (SSSR count). The van der Waals surface area contributed by atoms with E-state index in [-0.39, 0.29) is 0 Å². The zero-order valence-corrected chi connectivity index (χ0v) is 18.0. The normalized spacial score (nSPS) is 12.5. The molecule has 6 nitrogen and oxygen atoms in total. The number of nitrogens with one attached hydrogen (secondary N) is 2. The van der Waals surface area contributed by atoms with Gasteiger partial charge < -0.3 is 10.6 Å². The Kier molecular flexibility index (Phi) is 10.3. The van der Waals surface area contributed by atoms with Crippen molar-refractivity contribution in [2.24, 2.45) is 4.99 Å². The fourth-order valence-corrected chi connectivity index (χ4v) is 3.24. The van der Waals surface area contributed by atoms with Gasteiger partial charge in [-0.05, 0) is 67.4 Å². The standard InChI is InChI=1S/C20H40N6/c1-8-21-20(22-11-9-13-25(16(2)3)17(4)5)23-12-10-14-26-19(7)15-18(6)24-26/h15-17H,8-14H2,1-7H3,(H2,21,22,23). The average molecular weight is 365 g/mol. The summed E-state index contributed by atoms with van der Waals surface area (Å²) in [6.45, 7) is 20.0. The van der Waals surface area contributed by atoms with Crippen LogP contribution in [0.4, 0.5) is 0 Å². The molecule has 0 aliphatic rings. The van der Waals surface area contributed by atoms with Gasteiger partial charge in [0.25, 0.3) is 0 Å². The van der Waals surface area contributed by atoms with Crippen molar-refractivity contribution >= 4 is 5.96 Å². The third-order valence-electron chi connectivity index (χ3n) is 4.46. The quantitative estimate of drug-likeness (QED) is 0.360. The molecule has 0 aromatic carbocycles. The highest BCUT2D eigenvalue weighted by atomic mass is 15.3. The lowest BCUT2D eigenvalue weighted by Gasteiger charge is -2.30. The molecule has 0 bridgehead atoms. The molecule has 1 aromatic heterocycles. The molecular formula is C20H40N6. The van der Waals surface area contributed by atoms with Crippen LogP contribution in [-0.4, -0.2) is 58.9 Å². The maximum atomic E-state index is 4.69. The Morgan fingerprint density at radius 1 is 1.15 bits per heavy atom. The van der Waals surface area contributed by atoms with Crippen LogP contribution in [0.5, 0.6) is 0 Å². The summed E-state index contributed by atoms with van der Waals surface area (Å²) >= 11 is 0. The van der Waals surface area contributed by atoms with E-state index in [1.807, 2.05) is 6.92 Å². The van der Waals surface area contributed by atoms with Crippen molar-refractivity contribution in [2.45, 2.75) is 79.9 Å². The van der Waals surface area contributed by atoms with Gasteiger partial charge in [0.15, 0.2) is 5.96 Å². The van der Waals surface area contributed by atoms with Crippen LogP contribution in [-0.2, 0) is 6.54 Å². The van der Waals surface area contributed by atoms with Gasteiger partial charge in [0.05, 0.1) is 5.69 Å². The molecule has 2 N–H and O–H groups in total. The lowest BCUT2D eigenvalue weighted by Crippen LogP contribution is -2.41. The van der Waals surface area contributed by atoms with Crippen molar-refractivity contribution < 1.29 is 0 Å². The highest BCUT2D eigenvalue weighted by Gasteiger charge is 2.12. The van der Waals surface area contributed by atoms with Crippen LogP contribution in [0.15, 0.2) is 11.1 Å². The van der Waals surface area contributed by atoms with Crippen LogP contribution < -0.4 is 10.6 Å². The topological polar surface area (TPSA) is 57.5 Å². The van der Waals surface area contributed by atoms with Crippen LogP contribution in [0.2, 0.25) is 0 Å². The van der Waals surface area contributed by atoms with Crippen LogP contribution in [0.25, 0.3) is 0 Å². The Bertz CT molecular complexity index is 524. The summed E-state index contributed by atoms with van der Waals surface area (Å²) in [5.74, 6) is 0.918. The van der Waals surface area contributed by atoms with E-state index in [1.54, 1.807) is 0 Å².